The molecule has 0 aliphatic carbocycles. The Morgan fingerprint density at radius 1 is 1.00 bits per heavy atom. The van der Waals surface area contributed by atoms with Crippen LogP contribution in [0.2, 0.25) is 0 Å². The van der Waals surface area contributed by atoms with Gasteiger partial charge in [0.25, 0.3) is 0 Å². The van der Waals surface area contributed by atoms with Crippen LogP contribution >= 0.6 is 17.0 Å². The number of hydrogen-bond donors (Lipinski definition) is 0. The van der Waals surface area contributed by atoms with E-state index < -0.39 is 0 Å². The molecule has 0 rings (SSSR count). The maximum absolute atomic E-state index is 2.18. The van der Waals surface area contributed by atoms with Crippen molar-refractivity contribution in [1.82, 2.24) is 0 Å². The first-order valence-electron chi connectivity index (χ1n) is 1.91. The summed E-state index contributed by atoms with van der Waals surface area (Å²) in [6.45, 7) is 4.36. The van der Waals surface area contributed by atoms with E-state index in [0.717, 1.165) is 0 Å². The van der Waals surface area contributed by atoms with Gasteiger partial charge in [-0.2, -0.15) is 0 Å². The first-order chi connectivity index (χ1) is 1.91. The zero-order valence-corrected chi connectivity index (χ0v) is 11.7. The quantitative estimate of drug-likeness (QED) is 0.630. The van der Waals surface area contributed by atoms with Crippen molar-refractivity contribution in [1.29, 1.82) is 0 Å². The summed E-state index contributed by atoms with van der Waals surface area (Å²) in [6.07, 6.45) is 2.64. The molecule has 0 aromatic heterocycles. The molecule has 0 saturated heterocycles. The normalized spacial score (nSPS) is 5.00. The van der Waals surface area contributed by atoms with Gasteiger partial charge in [-0.3, -0.25) is 0 Å². The van der Waals surface area contributed by atoms with Gasteiger partial charge >= 0.3 is 27.3 Å². The average Bonchev–Trinajstić information content (AvgIpc) is 1.37. The van der Waals surface area contributed by atoms with Crippen LogP contribution < -0.4 is 0 Å². The van der Waals surface area contributed by atoms with Crippen LogP contribution in [0.3, 0.4) is 0 Å². The molecule has 0 fully saturated rings. The minimum absolute atomic E-state index is 0. The Labute approximate surface area is 70.6 Å². The summed E-state index contributed by atoms with van der Waals surface area (Å²) in [5.74, 6) is 0. The van der Waals surface area contributed by atoms with Crippen LogP contribution in [-0.4, -0.2) is 27.3 Å². The van der Waals surface area contributed by atoms with Crippen molar-refractivity contribution in [2.24, 2.45) is 0 Å². The molecule has 0 atom stereocenters. The number of unbranched alkanes of at least 4 members (excludes halogenated alkanes) is 1. The van der Waals surface area contributed by atoms with Gasteiger partial charge in [0.1, 0.15) is 0 Å². The molecule has 0 unspecified atom stereocenters. The predicted molar refractivity (Wildman–Crippen MR) is 39.4 cm³/mol. The van der Waals surface area contributed by atoms with Gasteiger partial charge in [0.05, 0.1) is 0 Å². The van der Waals surface area contributed by atoms with Crippen LogP contribution in [0.5, 0.6) is 0 Å². The van der Waals surface area contributed by atoms with E-state index in [2.05, 4.69) is 13.8 Å². The van der Waals surface area contributed by atoms with Crippen LogP contribution in [0.1, 0.15) is 26.7 Å². The SMILES string of the molecule is Br.CCCC.[PbH2]. The monoisotopic (exact) mass is 348 g/mol. The Morgan fingerprint density at radius 3 is 1.17 bits per heavy atom. The fraction of sp³-hybridized carbons (Fsp3) is 1.00. The Hall–Kier alpha value is 1.40. The van der Waals surface area contributed by atoms with E-state index in [-0.39, 0.29) is 44.3 Å². The standard InChI is InChI=1S/C4H10.BrH.Pb.2H/c1-3-4-2;;;;/h3-4H2,1-2H3;1H;;;. The molecule has 0 aliphatic rings. The van der Waals surface area contributed by atoms with Crippen LogP contribution in [-0.2, 0) is 0 Å². The minimum atomic E-state index is 0. The second-order valence-electron chi connectivity index (χ2n) is 1.000. The van der Waals surface area contributed by atoms with Crippen molar-refractivity contribution in [3.63, 3.8) is 0 Å². The van der Waals surface area contributed by atoms with Crippen molar-refractivity contribution in [3.05, 3.63) is 0 Å². The van der Waals surface area contributed by atoms with Gasteiger partial charge in [0, 0.05) is 0 Å². The Morgan fingerprint density at radius 2 is 1.17 bits per heavy atom. The molecule has 0 spiro atoms. The number of halogens is 1. The van der Waals surface area contributed by atoms with Crippen molar-refractivity contribution in [2.45, 2.75) is 26.7 Å². The second kappa shape index (κ2) is 16.1. The molecule has 0 aliphatic heterocycles. The van der Waals surface area contributed by atoms with E-state index >= 15 is 0 Å². The van der Waals surface area contributed by atoms with E-state index in [4.69, 9.17) is 0 Å². The zero-order chi connectivity index (χ0) is 3.41. The number of hydrogen-bond acceptors (Lipinski definition) is 0. The van der Waals surface area contributed by atoms with Gasteiger partial charge in [-0.1, -0.05) is 26.7 Å². The van der Waals surface area contributed by atoms with Gasteiger partial charge in [-0.05, 0) is 0 Å². The molecule has 0 aromatic carbocycles. The molecular formula is C4H13BrPb. The summed E-state index contributed by atoms with van der Waals surface area (Å²) in [4.78, 5) is 0. The molecule has 0 heterocycles. The molecule has 0 nitrogen and oxygen atoms in total. The molecule has 0 aromatic rings. The van der Waals surface area contributed by atoms with Gasteiger partial charge in [-0.15, -0.1) is 17.0 Å². The van der Waals surface area contributed by atoms with E-state index in [0.29, 0.717) is 0 Å². The fourth-order valence-corrected chi connectivity index (χ4v) is 0. The predicted octanol–water partition coefficient (Wildman–Crippen LogP) is 1.47. The topological polar surface area (TPSA) is 0 Å². The summed E-state index contributed by atoms with van der Waals surface area (Å²) < 4.78 is 0. The first kappa shape index (κ1) is 15.7. The maximum atomic E-state index is 2.18. The van der Waals surface area contributed by atoms with E-state index in [1.807, 2.05) is 0 Å². The Kier molecular flexibility index (Phi) is 42.1. The Balaban J connectivity index is -0.0000000450. The molecule has 2 heteroatoms. The summed E-state index contributed by atoms with van der Waals surface area (Å²) in [5, 5.41) is 0. The zero-order valence-electron chi connectivity index (χ0n) is 4.53. The summed E-state index contributed by atoms with van der Waals surface area (Å²) in [7, 11) is 0. The molecule has 6 heavy (non-hydrogen) atoms. The van der Waals surface area contributed by atoms with Crippen LogP contribution in [0.4, 0.5) is 0 Å². The fourth-order valence-electron chi connectivity index (χ4n) is 0. The summed E-state index contributed by atoms with van der Waals surface area (Å²) in [6, 6.07) is 0. The average molecular weight is 348 g/mol. The number of rotatable bonds is 1. The first-order valence-corrected chi connectivity index (χ1v) is 1.91. The van der Waals surface area contributed by atoms with Gasteiger partial charge in [0.2, 0.25) is 0 Å². The van der Waals surface area contributed by atoms with Crippen LogP contribution in [0.25, 0.3) is 0 Å². The molecular weight excluding hydrogens is 335 g/mol. The summed E-state index contributed by atoms with van der Waals surface area (Å²) >= 11 is 0. The molecule has 2 radical (unpaired) electrons. The molecule has 40 valence electrons. The van der Waals surface area contributed by atoms with E-state index in [9.17, 15) is 0 Å². The van der Waals surface area contributed by atoms with Crippen LogP contribution in [0, 0.1) is 0 Å². The molecule has 0 N–H and O–H groups in total. The molecule has 0 amide bonds. The Bertz CT molecular complexity index is 9.51. The van der Waals surface area contributed by atoms with Gasteiger partial charge < -0.3 is 0 Å². The summed E-state index contributed by atoms with van der Waals surface area (Å²) in [5.41, 5.74) is 0. The molecule has 0 saturated carbocycles. The third-order valence-electron chi connectivity index (χ3n) is 0.500. The van der Waals surface area contributed by atoms with E-state index in [1.165, 1.54) is 12.8 Å². The van der Waals surface area contributed by atoms with Crippen molar-refractivity contribution in [3.8, 4) is 0 Å². The van der Waals surface area contributed by atoms with Crippen molar-refractivity contribution in [2.75, 3.05) is 0 Å². The second-order valence-corrected chi connectivity index (χ2v) is 1.000. The van der Waals surface area contributed by atoms with E-state index in [1.54, 1.807) is 0 Å². The third-order valence-corrected chi connectivity index (χ3v) is 0.500. The van der Waals surface area contributed by atoms with Gasteiger partial charge in [-0.25, -0.2) is 0 Å². The van der Waals surface area contributed by atoms with Gasteiger partial charge in [0.15, 0.2) is 0 Å². The van der Waals surface area contributed by atoms with Crippen molar-refractivity contribution >= 4 is 44.3 Å². The molecule has 0 bridgehead atoms. The van der Waals surface area contributed by atoms with Crippen LogP contribution in [0.15, 0.2) is 0 Å². The van der Waals surface area contributed by atoms with Crippen molar-refractivity contribution < 1.29 is 0 Å². The third kappa shape index (κ3) is 18.1.